The molecule has 0 saturated carbocycles. The number of ether oxygens (including phenoxy) is 1. The fourth-order valence-corrected chi connectivity index (χ4v) is 2.53. The molecule has 2 aromatic carbocycles. The van der Waals surface area contributed by atoms with E-state index in [0.717, 1.165) is 22.6 Å². The molecular weight excluding hydrogens is 262 g/mol. The summed E-state index contributed by atoms with van der Waals surface area (Å²) in [5, 5.41) is 13.5. The number of hydrogen-bond donors (Lipinski definition) is 2. The van der Waals surface area contributed by atoms with Gasteiger partial charge in [0, 0.05) is 11.6 Å². The highest BCUT2D eigenvalue weighted by molar-refractivity contribution is 6.33. The second-order valence-electron chi connectivity index (χ2n) is 4.71. The number of halogens is 1. The minimum Gasteiger partial charge on any atom is -0.508 e. The van der Waals surface area contributed by atoms with E-state index in [-0.39, 0.29) is 11.8 Å². The Morgan fingerprint density at radius 1 is 1.26 bits per heavy atom. The Hall–Kier alpha value is -1.87. The molecule has 19 heavy (non-hydrogen) atoms. The fourth-order valence-electron chi connectivity index (χ4n) is 2.24. The standard InChI is InChI=1S/C15H14ClNO2/c1-9-2-5-13(12(16)6-9)17-14-8-19-15-7-10(18)3-4-11(14)15/h2-7,14,17-18H,8H2,1H3. The smallest absolute Gasteiger partial charge is 0.128 e. The van der Waals surface area contributed by atoms with Crippen LogP contribution < -0.4 is 10.1 Å². The molecule has 2 aromatic rings. The molecule has 1 unspecified atom stereocenters. The highest BCUT2D eigenvalue weighted by Gasteiger charge is 2.24. The summed E-state index contributed by atoms with van der Waals surface area (Å²) in [5.41, 5.74) is 3.06. The number of nitrogens with one attached hydrogen (secondary N) is 1. The van der Waals surface area contributed by atoms with Crippen molar-refractivity contribution in [2.45, 2.75) is 13.0 Å². The van der Waals surface area contributed by atoms with Gasteiger partial charge in [0.2, 0.25) is 0 Å². The number of anilines is 1. The largest absolute Gasteiger partial charge is 0.508 e. The summed E-state index contributed by atoms with van der Waals surface area (Å²) in [7, 11) is 0. The molecule has 0 aliphatic carbocycles. The maximum absolute atomic E-state index is 9.43. The van der Waals surface area contributed by atoms with Crippen LogP contribution in [0.1, 0.15) is 17.2 Å². The van der Waals surface area contributed by atoms with E-state index in [0.29, 0.717) is 11.6 Å². The molecule has 0 spiro atoms. The molecule has 3 nitrogen and oxygen atoms in total. The molecular formula is C15H14ClNO2. The van der Waals surface area contributed by atoms with Crippen molar-refractivity contribution < 1.29 is 9.84 Å². The van der Waals surface area contributed by atoms with Gasteiger partial charge in [0.1, 0.15) is 18.1 Å². The summed E-state index contributed by atoms with van der Waals surface area (Å²) in [6.45, 7) is 2.54. The second-order valence-corrected chi connectivity index (χ2v) is 5.12. The molecule has 1 aliphatic rings. The van der Waals surface area contributed by atoms with Gasteiger partial charge in [-0.05, 0) is 36.8 Å². The summed E-state index contributed by atoms with van der Waals surface area (Å²) in [6.07, 6.45) is 0. The van der Waals surface area contributed by atoms with Crippen molar-refractivity contribution in [2.24, 2.45) is 0 Å². The maximum atomic E-state index is 9.43. The summed E-state index contributed by atoms with van der Waals surface area (Å²) in [5.74, 6) is 0.938. The number of phenolic OH excluding ortho intramolecular Hbond substituents is 1. The normalized spacial score (nSPS) is 16.8. The maximum Gasteiger partial charge on any atom is 0.128 e. The van der Waals surface area contributed by atoms with E-state index in [1.807, 2.05) is 31.2 Å². The van der Waals surface area contributed by atoms with Crippen LogP contribution >= 0.6 is 11.6 Å². The van der Waals surface area contributed by atoms with Gasteiger partial charge in [-0.1, -0.05) is 17.7 Å². The van der Waals surface area contributed by atoms with Crippen molar-refractivity contribution in [2.75, 3.05) is 11.9 Å². The average molecular weight is 276 g/mol. The first-order valence-corrected chi connectivity index (χ1v) is 6.50. The van der Waals surface area contributed by atoms with Crippen LogP contribution in [0.2, 0.25) is 5.02 Å². The molecule has 3 rings (SSSR count). The van der Waals surface area contributed by atoms with E-state index in [1.165, 1.54) is 0 Å². The van der Waals surface area contributed by atoms with Crippen LogP contribution in [0.5, 0.6) is 11.5 Å². The monoisotopic (exact) mass is 275 g/mol. The molecule has 1 heterocycles. The first-order chi connectivity index (χ1) is 9.13. The van der Waals surface area contributed by atoms with E-state index < -0.39 is 0 Å². The quantitative estimate of drug-likeness (QED) is 0.873. The summed E-state index contributed by atoms with van der Waals surface area (Å²) in [4.78, 5) is 0. The average Bonchev–Trinajstić information content (AvgIpc) is 2.75. The van der Waals surface area contributed by atoms with Gasteiger partial charge in [-0.2, -0.15) is 0 Å². The van der Waals surface area contributed by atoms with E-state index in [1.54, 1.807) is 12.1 Å². The minimum atomic E-state index is 0.0517. The van der Waals surface area contributed by atoms with Crippen LogP contribution in [-0.4, -0.2) is 11.7 Å². The Bertz CT molecular complexity index is 628. The highest BCUT2D eigenvalue weighted by Crippen LogP contribution is 2.37. The van der Waals surface area contributed by atoms with Gasteiger partial charge in [0.15, 0.2) is 0 Å². The van der Waals surface area contributed by atoms with Gasteiger partial charge in [0.25, 0.3) is 0 Å². The third kappa shape index (κ3) is 2.34. The van der Waals surface area contributed by atoms with Crippen molar-refractivity contribution >= 4 is 17.3 Å². The second kappa shape index (κ2) is 4.67. The van der Waals surface area contributed by atoms with E-state index in [4.69, 9.17) is 16.3 Å². The molecule has 0 bridgehead atoms. The van der Waals surface area contributed by atoms with Crippen LogP contribution in [0.25, 0.3) is 0 Å². The van der Waals surface area contributed by atoms with E-state index in [2.05, 4.69) is 5.32 Å². The summed E-state index contributed by atoms with van der Waals surface area (Å²) < 4.78 is 5.56. The van der Waals surface area contributed by atoms with Gasteiger partial charge in [-0.15, -0.1) is 0 Å². The van der Waals surface area contributed by atoms with Crippen LogP contribution in [0.3, 0.4) is 0 Å². The SMILES string of the molecule is Cc1ccc(NC2COc3cc(O)ccc32)c(Cl)c1. The Morgan fingerprint density at radius 3 is 2.89 bits per heavy atom. The lowest BCUT2D eigenvalue weighted by molar-refractivity contribution is 0.338. The van der Waals surface area contributed by atoms with Crippen LogP contribution in [0, 0.1) is 6.92 Å². The summed E-state index contributed by atoms with van der Waals surface area (Å²) in [6, 6.07) is 11.1. The number of aromatic hydroxyl groups is 1. The topological polar surface area (TPSA) is 41.5 Å². The lowest BCUT2D eigenvalue weighted by Gasteiger charge is -2.15. The number of phenols is 1. The molecule has 2 N–H and O–H groups in total. The molecule has 0 amide bonds. The molecule has 0 saturated heterocycles. The lowest BCUT2D eigenvalue weighted by atomic mass is 10.1. The number of aryl methyl sites for hydroxylation is 1. The van der Waals surface area contributed by atoms with Crippen molar-refractivity contribution in [1.82, 2.24) is 0 Å². The summed E-state index contributed by atoms with van der Waals surface area (Å²) >= 11 is 6.22. The van der Waals surface area contributed by atoms with Gasteiger partial charge >= 0.3 is 0 Å². The van der Waals surface area contributed by atoms with Gasteiger partial charge in [-0.25, -0.2) is 0 Å². The minimum absolute atomic E-state index is 0.0517. The van der Waals surface area contributed by atoms with Crippen molar-refractivity contribution in [1.29, 1.82) is 0 Å². The third-order valence-corrected chi connectivity index (χ3v) is 3.55. The first kappa shape index (κ1) is 12.2. The fraction of sp³-hybridized carbons (Fsp3) is 0.200. The molecule has 0 radical (unpaired) electrons. The zero-order valence-corrected chi connectivity index (χ0v) is 11.2. The van der Waals surface area contributed by atoms with Crippen molar-refractivity contribution in [3.8, 4) is 11.5 Å². The predicted octanol–water partition coefficient (Wildman–Crippen LogP) is 3.90. The Balaban J connectivity index is 1.86. The van der Waals surface area contributed by atoms with Crippen molar-refractivity contribution in [3.63, 3.8) is 0 Å². The molecule has 1 atom stereocenters. The number of benzene rings is 2. The molecule has 1 aliphatic heterocycles. The Labute approximate surface area is 116 Å². The zero-order chi connectivity index (χ0) is 13.4. The molecule has 4 heteroatoms. The Morgan fingerprint density at radius 2 is 2.11 bits per heavy atom. The molecule has 0 fully saturated rings. The zero-order valence-electron chi connectivity index (χ0n) is 10.5. The van der Waals surface area contributed by atoms with E-state index >= 15 is 0 Å². The van der Waals surface area contributed by atoms with Crippen LogP contribution in [0.15, 0.2) is 36.4 Å². The van der Waals surface area contributed by atoms with Gasteiger partial charge < -0.3 is 15.2 Å². The number of fused-ring (bicyclic) bond motifs is 1. The van der Waals surface area contributed by atoms with Gasteiger partial charge in [0.05, 0.1) is 16.8 Å². The lowest BCUT2D eigenvalue weighted by Crippen LogP contribution is -2.12. The Kier molecular flexibility index (Phi) is 2.99. The van der Waals surface area contributed by atoms with Crippen LogP contribution in [-0.2, 0) is 0 Å². The third-order valence-electron chi connectivity index (χ3n) is 3.23. The van der Waals surface area contributed by atoms with Crippen molar-refractivity contribution in [3.05, 3.63) is 52.5 Å². The molecule has 98 valence electrons. The van der Waals surface area contributed by atoms with Crippen LogP contribution in [0.4, 0.5) is 5.69 Å². The van der Waals surface area contributed by atoms with E-state index in [9.17, 15) is 5.11 Å². The number of rotatable bonds is 2. The highest BCUT2D eigenvalue weighted by atomic mass is 35.5. The first-order valence-electron chi connectivity index (χ1n) is 6.12. The molecule has 0 aromatic heterocycles. The predicted molar refractivity (Wildman–Crippen MR) is 76.2 cm³/mol. The van der Waals surface area contributed by atoms with Gasteiger partial charge in [-0.3, -0.25) is 0 Å². The number of hydrogen-bond acceptors (Lipinski definition) is 3.